The van der Waals surface area contributed by atoms with E-state index in [0.29, 0.717) is 17.1 Å². The van der Waals surface area contributed by atoms with E-state index in [1.807, 2.05) is 36.4 Å². The van der Waals surface area contributed by atoms with Gasteiger partial charge in [-0.05, 0) is 59.1 Å². The van der Waals surface area contributed by atoms with Gasteiger partial charge in [0.25, 0.3) is 11.8 Å². The molecule has 0 radical (unpaired) electrons. The molecular weight excluding hydrogens is 396 g/mol. The van der Waals surface area contributed by atoms with Crippen molar-refractivity contribution in [3.05, 3.63) is 77.9 Å². The van der Waals surface area contributed by atoms with Crippen LogP contribution in [0, 0.1) is 0 Å². The number of nitrogens with zero attached hydrogens (tertiary/aromatic N) is 1. The Bertz CT molecular complexity index is 1030. The van der Waals surface area contributed by atoms with Crippen molar-refractivity contribution in [1.29, 1.82) is 0 Å². The van der Waals surface area contributed by atoms with Crippen LogP contribution < -0.4 is 10.1 Å². The summed E-state index contributed by atoms with van der Waals surface area (Å²) in [7, 11) is 0. The van der Waals surface area contributed by atoms with Crippen molar-refractivity contribution in [2.24, 2.45) is 0 Å². The van der Waals surface area contributed by atoms with Crippen molar-refractivity contribution in [1.82, 2.24) is 10.2 Å². The minimum absolute atomic E-state index is 0.0112. The van der Waals surface area contributed by atoms with E-state index in [0.717, 1.165) is 0 Å². The molecule has 0 bridgehead atoms. The third-order valence-corrected chi connectivity index (χ3v) is 4.95. The number of benzene rings is 2. The fraction of sp³-hybridized carbons (Fsp3) is 0.208. The molecule has 5 nitrogen and oxygen atoms in total. The molecule has 1 saturated heterocycles. The van der Waals surface area contributed by atoms with Crippen molar-refractivity contribution in [2.75, 3.05) is 6.54 Å². The Morgan fingerprint density at radius 1 is 1.10 bits per heavy atom. The lowest BCUT2D eigenvalue weighted by Gasteiger charge is -2.27. The van der Waals surface area contributed by atoms with Crippen LogP contribution in [0.3, 0.4) is 0 Å². The Morgan fingerprint density at radius 3 is 2.43 bits per heavy atom. The van der Waals surface area contributed by atoms with E-state index in [1.165, 1.54) is 16.5 Å². The van der Waals surface area contributed by atoms with E-state index in [4.69, 9.17) is 17.0 Å². The molecule has 2 aromatic rings. The fourth-order valence-electron chi connectivity index (χ4n) is 2.98. The molecule has 0 unspecified atom stereocenters. The number of ether oxygens (including phenoxy) is 1. The number of hydrogen-bond acceptors (Lipinski definition) is 4. The molecule has 3 rings (SSSR count). The summed E-state index contributed by atoms with van der Waals surface area (Å²) in [6, 6.07) is 15.1. The molecule has 1 N–H and O–H groups in total. The molecule has 1 aliphatic heterocycles. The summed E-state index contributed by atoms with van der Waals surface area (Å²) in [5.41, 5.74) is 1.97. The Kier molecular flexibility index (Phi) is 6.17. The number of thiocarbonyl (C=S) groups is 1. The van der Waals surface area contributed by atoms with E-state index in [-0.39, 0.29) is 22.6 Å². The second-order valence-corrected chi connectivity index (χ2v) is 8.36. The van der Waals surface area contributed by atoms with Crippen LogP contribution in [0.25, 0.3) is 6.08 Å². The highest BCUT2D eigenvalue weighted by atomic mass is 32.1. The lowest BCUT2D eigenvalue weighted by Crippen LogP contribution is -2.53. The minimum atomic E-state index is -0.519. The van der Waals surface area contributed by atoms with Gasteiger partial charge < -0.3 is 4.74 Å². The van der Waals surface area contributed by atoms with Crippen LogP contribution in [0.4, 0.5) is 0 Å². The minimum Gasteiger partial charge on any atom is -0.457 e. The number of carbonyl (C=O) groups excluding carboxylic acids is 2. The first-order valence-electron chi connectivity index (χ1n) is 9.57. The first kappa shape index (κ1) is 21.5. The van der Waals surface area contributed by atoms with Gasteiger partial charge in [0.05, 0.1) is 0 Å². The first-order chi connectivity index (χ1) is 14.2. The SMILES string of the molecule is C=CCN1C(=O)C(=Cc2cccc(Oc3ccc(C(C)(C)C)cc3)c2)C(=O)NC1=S. The van der Waals surface area contributed by atoms with Crippen LogP contribution in [-0.4, -0.2) is 28.4 Å². The number of carbonyl (C=O) groups is 2. The van der Waals surface area contributed by atoms with Crippen LogP contribution >= 0.6 is 12.2 Å². The number of nitrogens with one attached hydrogen (secondary N) is 1. The zero-order chi connectivity index (χ0) is 21.9. The largest absolute Gasteiger partial charge is 0.457 e. The number of hydrogen-bond donors (Lipinski definition) is 1. The summed E-state index contributed by atoms with van der Waals surface area (Å²) in [4.78, 5) is 26.2. The zero-order valence-corrected chi connectivity index (χ0v) is 18.1. The van der Waals surface area contributed by atoms with Crippen LogP contribution in [0.5, 0.6) is 11.5 Å². The summed E-state index contributed by atoms with van der Waals surface area (Å²) >= 11 is 5.07. The quantitative estimate of drug-likeness (QED) is 0.333. The third-order valence-electron chi connectivity index (χ3n) is 4.62. The van der Waals surface area contributed by atoms with Gasteiger partial charge in [0.2, 0.25) is 0 Å². The summed E-state index contributed by atoms with van der Waals surface area (Å²) in [5.74, 6) is 0.346. The molecule has 1 fully saturated rings. The third kappa shape index (κ3) is 4.83. The number of rotatable bonds is 5. The molecule has 30 heavy (non-hydrogen) atoms. The molecule has 0 saturated carbocycles. The fourth-order valence-corrected chi connectivity index (χ4v) is 3.23. The first-order valence-corrected chi connectivity index (χ1v) is 9.98. The smallest absolute Gasteiger partial charge is 0.265 e. The Labute approximate surface area is 182 Å². The van der Waals surface area contributed by atoms with Gasteiger partial charge in [-0.2, -0.15) is 0 Å². The average Bonchev–Trinajstić information content (AvgIpc) is 2.68. The van der Waals surface area contributed by atoms with Crippen LogP contribution in [0.15, 0.2) is 66.8 Å². The van der Waals surface area contributed by atoms with Gasteiger partial charge in [0.15, 0.2) is 5.11 Å². The van der Waals surface area contributed by atoms with Gasteiger partial charge in [-0.1, -0.05) is 51.1 Å². The van der Waals surface area contributed by atoms with E-state index in [1.54, 1.807) is 18.2 Å². The monoisotopic (exact) mass is 420 g/mol. The molecule has 0 atom stereocenters. The maximum absolute atomic E-state index is 12.7. The predicted molar refractivity (Wildman–Crippen MR) is 122 cm³/mol. The van der Waals surface area contributed by atoms with E-state index in [2.05, 4.69) is 32.7 Å². The highest BCUT2D eigenvalue weighted by Gasteiger charge is 2.32. The highest BCUT2D eigenvalue weighted by molar-refractivity contribution is 7.80. The van der Waals surface area contributed by atoms with Gasteiger partial charge in [-0.25, -0.2) is 0 Å². The Morgan fingerprint density at radius 2 is 1.80 bits per heavy atom. The molecule has 6 heteroatoms. The van der Waals surface area contributed by atoms with Crippen LogP contribution in [-0.2, 0) is 15.0 Å². The van der Waals surface area contributed by atoms with E-state index >= 15 is 0 Å². The van der Waals surface area contributed by atoms with Gasteiger partial charge in [0, 0.05) is 6.54 Å². The van der Waals surface area contributed by atoms with Crippen molar-refractivity contribution >= 4 is 35.2 Å². The molecule has 1 aliphatic rings. The molecule has 1 heterocycles. The maximum Gasteiger partial charge on any atom is 0.265 e. The van der Waals surface area contributed by atoms with Gasteiger partial charge in [-0.15, -0.1) is 6.58 Å². The van der Waals surface area contributed by atoms with Gasteiger partial charge >= 0.3 is 0 Å². The molecule has 0 aromatic heterocycles. The van der Waals surface area contributed by atoms with Gasteiger partial charge in [-0.3, -0.25) is 19.8 Å². The Balaban J connectivity index is 1.83. The topological polar surface area (TPSA) is 58.6 Å². The summed E-state index contributed by atoms with van der Waals surface area (Å²) in [5, 5.41) is 2.62. The molecule has 0 spiro atoms. The highest BCUT2D eigenvalue weighted by Crippen LogP contribution is 2.28. The molecule has 2 aromatic carbocycles. The van der Waals surface area contributed by atoms with Gasteiger partial charge in [0.1, 0.15) is 17.1 Å². The van der Waals surface area contributed by atoms with Crippen molar-refractivity contribution in [3.63, 3.8) is 0 Å². The summed E-state index contributed by atoms with van der Waals surface area (Å²) < 4.78 is 5.95. The predicted octanol–water partition coefficient (Wildman–Crippen LogP) is 4.59. The van der Waals surface area contributed by atoms with Crippen LogP contribution in [0.1, 0.15) is 31.9 Å². The molecule has 154 valence electrons. The molecule has 2 amide bonds. The summed E-state index contributed by atoms with van der Waals surface area (Å²) in [6.07, 6.45) is 3.09. The zero-order valence-electron chi connectivity index (χ0n) is 17.3. The average molecular weight is 421 g/mol. The normalized spacial score (nSPS) is 15.9. The van der Waals surface area contributed by atoms with E-state index < -0.39 is 11.8 Å². The van der Waals surface area contributed by atoms with Crippen LogP contribution in [0.2, 0.25) is 0 Å². The van der Waals surface area contributed by atoms with Crippen molar-refractivity contribution in [3.8, 4) is 11.5 Å². The molecular formula is C24H24N2O3S. The van der Waals surface area contributed by atoms with Crippen molar-refractivity contribution < 1.29 is 14.3 Å². The molecule has 0 aliphatic carbocycles. The Hall–Kier alpha value is -3.25. The summed E-state index contributed by atoms with van der Waals surface area (Å²) in [6.45, 7) is 10.3. The number of amides is 2. The lowest BCUT2D eigenvalue weighted by molar-refractivity contribution is -0.128. The van der Waals surface area contributed by atoms with E-state index in [9.17, 15) is 9.59 Å². The second-order valence-electron chi connectivity index (χ2n) is 7.97. The van der Waals surface area contributed by atoms with Crippen molar-refractivity contribution in [2.45, 2.75) is 26.2 Å². The standard InChI is InChI=1S/C24H24N2O3S/c1-5-13-26-22(28)20(21(27)25-23(26)30)15-16-7-6-8-19(14-16)29-18-11-9-17(10-12-18)24(2,3)4/h5-12,14-15H,1,13H2,2-4H3,(H,25,27,30). The maximum atomic E-state index is 12.7. The second kappa shape index (κ2) is 8.63. The lowest BCUT2D eigenvalue weighted by atomic mass is 9.87.